The summed E-state index contributed by atoms with van der Waals surface area (Å²) in [4.78, 5) is 25.2. The Morgan fingerprint density at radius 2 is 1.71 bits per heavy atom. The number of fused-ring (bicyclic) bond motifs is 1. The number of pyridine rings is 2. The maximum absolute atomic E-state index is 5.84. The number of anilines is 1. The second-order valence-corrected chi connectivity index (χ2v) is 10.5. The summed E-state index contributed by atoms with van der Waals surface area (Å²) in [7, 11) is 2.18. The van der Waals surface area contributed by atoms with Gasteiger partial charge in [0.25, 0.3) is 0 Å². The van der Waals surface area contributed by atoms with Crippen molar-refractivity contribution in [3.63, 3.8) is 0 Å². The molecule has 0 radical (unpaired) electrons. The summed E-state index contributed by atoms with van der Waals surface area (Å²) in [6, 6.07) is 12.8. The number of aromatic amines is 1. The van der Waals surface area contributed by atoms with E-state index < -0.39 is 0 Å². The smallest absolute Gasteiger partial charge is 0.179 e. The topological polar surface area (TPSA) is 90.2 Å². The molecular weight excluding hydrogens is 472 g/mol. The van der Waals surface area contributed by atoms with Gasteiger partial charge in [-0.2, -0.15) is 0 Å². The van der Waals surface area contributed by atoms with E-state index in [2.05, 4.69) is 75.9 Å². The number of piperazine rings is 1. The van der Waals surface area contributed by atoms with Crippen LogP contribution in [0.1, 0.15) is 35.5 Å². The highest BCUT2D eigenvalue weighted by atomic mass is 15.3. The molecule has 0 atom stereocenters. The molecule has 4 heterocycles. The number of rotatable bonds is 10. The van der Waals surface area contributed by atoms with E-state index >= 15 is 0 Å². The number of likely N-dealkylation sites (N-methyl/N-ethyl adjacent to an activating group) is 1. The number of imidazole rings is 1. The minimum absolute atomic E-state index is 0.700. The van der Waals surface area contributed by atoms with Gasteiger partial charge < -0.3 is 20.5 Å². The Bertz CT molecular complexity index is 1340. The first-order valence-electron chi connectivity index (χ1n) is 13.7. The van der Waals surface area contributed by atoms with Crippen LogP contribution in [-0.2, 0) is 13.1 Å². The average molecular weight is 513 g/mol. The number of aryl methyl sites for hydroxylation is 2. The molecule has 0 aliphatic carbocycles. The lowest BCUT2D eigenvalue weighted by Gasteiger charge is -2.34. The van der Waals surface area contributed by atoms with Crippen molar-refractivity contribution in [1.82, 2.24) is 29.7 Å². The number of unbranched alkanes of at least 4 members (excludes halogenated alkanes) is 1. The molecule has 200 valence electrons. The van der Waals surface area contributed by atoms with Crippen LogP contribution in [0.15, 0.2) is 48.8 Å². The molecule has 0 spiro atoms. The molecule has 0 bridgehead atoms. The second-order valence-electron chi connectivity index (χ2n) is 10.5. The SMILES string of the molecule is Cc1cccc(C)c1-c1cccnc1CN(CCCCN)Cc1nc2nccc(N3CCN(C)CC3)c2[nH]1. The maximum atomic E-state index is 5.84. The molecule has 0 unspecified atom stereocenters. The highest BCUT2D eigenvalue weighted by molar-refractivity contribution is 5.86. The number of nitrogens with zero attached hydrogens (tertiary/aromatic N) is 6. The predicted molar refractivity (Wildman–Crippen MR) is 155 cm³/mol. The minimum atomic E-state index is 0.700. The van der Waals surface area contributed by atoms with Crippen molar-refractivity contribution in [2.24, 2.45) is 5.73 Å². The number of benzene rings is 1. The highest BCUT2D eigenvalue weighted by Crippen LogP contribution is 2.30. The van der Waals surface area contributed by atoms with E-state index in [0.29, 0.717) is 13.1 Å². The molecule has 1 aromatic carbocycles. The molecule has 3 N–H and O–H groups in total. The number of H-pyrrole nitrogens is 1. The maximum Gasteiger partial charge on any atom is 0.179 e. The van der Waals surface area contributed by atoms with Crippen LogP contribution in [0.2, 0.25) is 0 Å². The van der Waals surface area contributed by atoms with Crippen LogP contribution in [0.25, 0.3) is 22.3 Å². The van der Waals surface area contributed by atoms with Crippen molar-refractivity contribution in [3.05, 3.63) is 71.4 Å². The van der Waals surface area contributed by atoms with Crippen LogP contribution >= 0.6 is 0 Å². The molecular formula is C30H40N8. The van der Waals surface area contributed by atoms with Gasteiger partial charge in [0.05, 0.1) is 17.9 Å². The number of nitrogens with one attached hydrogen (secondary N) is 1. The fraction of sp³-hybridized carbons (Fsp3) is 0.433. The number of nitrogens with two attached hydrogens (primary N) is 1. The summed E-state index contributed by atoms with van der Waals surface area (Å²) in [5, 5.41) is 0. The van der Waals surface area contributed by atoms with Crippen molar-refractivity contribution in [2.75, 3.05) is 51.2 Å². The molecule has 1 aliphatic rings. The molecule has 8 heteroatoms. The Hall–Kier alpha value is -3.33. The fourth-order valence-electron chi connectivity index (χ4n) is 5.48. The van der Waals surface area contributed by atoms with Crippen molar-refractivity contribution in [1.29, 1.82) is 0 Å². The van der Waals surface area contributed by atoms with Gasteiger partial charge in [0.1, 0.15) is 11.3 Å². The monoisotopic (exact) mass is 512 g/mol. The van der Waals surface area contributed by atoms with Crippen LogP contribution in [0.5, 0.6) is 0 Å². The lowest BCUT2D eigenvalue weighted by Crippen LogP contribution is -2.44. The first kappa shape index (κ1) is 26.3. The van der Waals surface area contributed by atoms with Crippen molar-refractivity contribution in [3.8, 4) is 11.1 Å². The second kappa shape index (κ2) is 12.0. The lowest BCUT2D eigenvalue weighted by molar-refractivity contribution is 0.244. The average Bonchev–Trinajstić information content (AvgIpc) is 3.33. The third kappa shape index (κ3) is 5.88. The van der Waals surface area contributed by atoms with E-state index in [9.17, 15) is 0 Å². The van der Waals surface area contributed by atoms with Gasteiger partial charge in [-0.05, 0) is 75.6 Å². The standard InChI is InChI=1S/C30H40N8/c1-22-8-6-9-23(2)28(22)24-10-7-13-32-25(24)20-37(15-5-4-12-31)21-27-34-29-26(11-14-33-30(29)35-27)38-18-16-36(3)17-19-38/h6-11,13-14H,4-5,12,15-21,31H2,1-3H3,(H,33,34,35). The Morgan fingerprint density at radius 1 is 0.921 bits per heavy atom. The van der Waals surface area contributed by atoms with Crippen LogP contribution in [-0.4, -0.2) is 76.1 Å². The Balaban J connectivity index is 1.42. The van der Waals surface area contributed by atoms with Gasteiger partial charge in [-0.15, -0.1) is 0 Å². The van der Waals surface area contributed by atoms with Crippen LogP contribution in [0, 0.1) is 13.8 Å². The number of hydrogen-bond donors (Lipinski definition) is 2. The van der Waals surface area contributed by atoms with E-state index in [-0.39, 0.29) is 0 Å². The Kier molecular flexibility index (Phi) is 8.32. The van der Waals surface area contributed by atoms with E-state index in [0.717, 1.165) is 74.8 Å². The first-order valence-corrected chi connectivity index (χ1v) is 13.7. The first-order chi connectivity index (χ1) is 18.5. The zero-order valence-electron chi connectivity index (χ0n) is 23.0. The molecule has 38 heavy (non-hydrogen) atoms. The van der Waals surface area contributed by atoms with Gasteiger partial charge in [0, 0.05) is 50.7 Å². The van der Waals surface area contributed by atoms with Gasteiger partial charge in [0.15, 0.2) is 5.65 Å². The van der Waals surface area contributed by atoms with E-state index in [1.807, 2.05) is 18.5 Å². The van der Waals surface area contributed by atoms with Crippen LogP contribution < -0.4 is 10.6 Å². The molecule has 1 saturated heterocycles. The third-order valence-corrected chi connectivity index (χ3v) is 7.58. The summed E-state index contributed by atoms with van der Waals surface area (Å²) in [6.07, 6.45) is 5.81. The number of hydrogen-bond acceptors (Lipinski definition) is 7. The molecule has 4 aromatic rings. The fourth-order valence-corrected chi connectivity index (χ4v) is 5.48. The van der Waals surface area contributed by atoms with Gasteiger partial charge in [0.2, 0.25) is 0 Å². The van der Waals surface area contributed by atoms with Gasteiger partial charge in [-0.1, -0.05) is 24.3 Å². The highest BCUT2D eigenvalue weighted by Gasteiger charge is 2.20. The Morgan fingerprint density at radius 3 is 2.47 bits per heavy atom. The normalized spacial score (nSPS) is 14.6. The van der Waals surface area contributed by atoms with E-state index in [4.69, 9.17) is 15.7 Å². The lowest BCUT2D eigenvalue weighted by atomic mass is 9.94. The van der Waals surface area contributed by atoms with Gasteiger partial charge >= 0.3 is 0 Å². The zero-order valence-corrected chi connectivity index (χ0v) is 23.0. The number of aromatic nitrogens is 4. The van der Waals surface area contributed by atoms with Crippen molar-refractivity contribution >= 4 is 16.9 Å². The molecule has 1 aliphatic heterocycles. The molecule has 5 rings (SSSR count). The third-order valence-electron chi connectivity index (χ3n) is 7.58. The summed E-state index contributed by atoms with van der Waals surface area (Å²) < 4.78 is 0. The predicted octanol–water partition coefficient (Wildman–Crippen LogP) is 4.13. The van der Waals surface area contributed by atoms with Crippen molar-refractivity contribution < 1.29 is 0 Å². The molecule has 8 nitrogen and oxygen atoms in total. The summed E-state index contributed by atoms with van der Waals surface area (Å²) in [5.41, 5.74) is 15.0. The summed E-state index contributed by atoms with van der Waals surface area (Å²) in [5.74, 6) is 0.936. The van der Waals surface area contributed by atoms with E-state index in [1.165, 1.54) is 27.9 Å². The zero-order chi connectivity index (χ0) is 26.5. The summed E-state index contributed by atoms with van der Waals surface area (Å²) >= 11 is 0. The quantitative estimate of drug-likeness (QED) is 0.309. The van der Waals surface area contributed by atoms with Crippen LogP contribution in [0.4, 0.5) is 5.69 Å². The molecule has 3 aromatic heterocycles. The van der Waals surface area contributed by atoms with Crippen molar-refractivity contribution in [2.45, 2.75) is 39.8 Å². The largest absolute Gasteiger partial charge is 0.367 e. The van der Waals surface area contributed by atoms with E-state index in [1.54, 1.807) is 0 Å². The van der Waals surface area contributed by atoms with Gasteiger partial charge in [-0.25, -0.2) is 9.97 Å². The van der Waals surface area contributed by atoms with Gasteiger partial charge in [-0.3, -0.25) is 9.88 Å². The molecule has 0 amide bonds. The van der Waals surface area contributed by atoms with Crippen LogP contribution in [0.3, 0.4) is 0 Å². The minimum Gasteiger partial charge on any atom is -0.367 e. The molecule has 0 saturated carbocycles. The Labute approximate surface area is 225 Å². The summed E-state index contributed by atoms with van der Waals surface area (Å²) in [6.45, 7) is 11.6. The molecule has 1 fully saturated rings.